The fraction of sp³-hybridized carbons (Fsp3) is 0.278. The van der Waals surface area contributed by atoms with Crippen molar-refractivity contribution in [3.63, 3.8) is 0 Å². The third-order valence-electron chi connectivity index (χ3n) is 4.24. The molecule has 168 valence electrons. The Morgan fingerprint density at radius 1 is 1.29 bits per heavy atom. The molecular weight excluding hydrogens is 448 g/mol. The largest absolute Gasteiger partial charge is 0.431 e. The van der Waals surface area contributed by atoms with E-state index in [0.29, 0.717) is 0 Å². The van der Waals surface area contributed by atoms with Gasteiger partial charge in [-0.1, -0.05) is 17.7 Å². The molecule has 0 fully saturated rings. The molecule has 0 aliphatic carbocycles. The van der Waals surface area contributed by atoms with Gasteiger partial charge in [-0.05, 0) is 12.1 Å². The number of urea groups is 1. The highest BCUT2D eigenvalue weighted by Gasteiger charge is 2.35. The molecule has 2 amide bonds. The third-order valence-corrected chi connectivity index (χ3v) is 4.55. The normalized spacial score (nSPS) is 11.4. The second-order valence-corrected chi connectivity index (χ2v) is 6.57. The van der Waals surface area contributed by atoms with Crippen molar-refractivity contribution in [1.82, 2.24) is 14.2 Å². The second-order valence-electron chi connectivity index (χ2n) is 6.16. The zero-order chi connectivity index (χ0) is 23.7. The van der Waals surface area contributed by atoms with Crippen LogP contribution >= 0.6 is 11.6 Å². The highest BCUT2D eigenvalue weighted by atomic mass is 35.5. The lowest BCUT2D eigenvalue weighted by molar-refractivity contribution is -0.144. The molecule has 0 radical (unpaired) electrons. The van der Waals surface area contributed by atoms with Gasteiger partial charge in [-0.15, -0.1) is 6.58 Å². The third kappa shape index (κ3) is 4.64. The first-order valence-electron chi connectivity index (χ1n) is 8.45. The summed E-state index contributed by atoms with van der Waals surface area (Å²) in [6.07, 6.45) is -3.65. The monoisotopic (exact) mass is 464 g/mol. The minimum atomic E-state index is -4.98. The molecule has 0 bridgehead atoms. The molecule has 31 heavy (non-hydrogen) atoms. The summed E-state index contributed by atoms with van der Waals surface area (Å²) in [7, 11) is 3.29. The molecule has 2 rings (SSSR count). The van der Waals surface area contributed by atoms with Crippen LogP contribution in [-0.2, 0) is 18.1 Å². The number of nitrogens with zero attached hydrogens (tertiary/aromatic N) is 4. The number of hydrogen-bond acceptors (Lipinski definition) is 4. The minimum Gasteiger partial charge on any atom is -0.292 e. The molecule has 0 aliphatic heterocycles. The summed E-state index contributed by atoms with van der Waals surface area (Å²) in [5.41, 5.74) is -5.19. The molecule has 0 aliphatic rings. The number of hydroxylamine groups is 2. The Hall–Kier alpha value is -3.12. The number of alkyl halides is 3. The van der Waals surface area contributed by atoms with Gasteiger partial charge < -0.3 is 0 Å². The molecule has 1 aromatic heterocycles. The van der Waals surface area contributed by atoms with E-state index in [2.05, 4.69) is 6.58 Å². The summed E-state index contributed by atoms with van der Waals surface area (Å²) in [4.78, 5) is 43.2. The van der Waals surface area contributed by atoms with Crippen LogP contribution in [0.5, 0.6) is 0 Å². The molecule has 8 nitrogen and oxygen atoms in total. The van der Waals surface area contributed by atoms with Crippen molar-refractivity contribution in [2.24, 2.45) is 7.05 Å². The predicted octanol–water partition coefficient (Wildman–Crippen LogP) is 2.95. The summed E-state index contributed by atoms with van der Waals surface area (Å²) in [6, 6.07) is 1.04. The minimum absolute atomic E-state index is 0.128. The molecule has 0 N–H and O–H groups in total. The molecule has 1 heterocycles. The van der Waals surface area contributed by atoms with Crippen molar-refractivity contribution >= 4 is 23.3 Å². The number of benzene rings is 1. The van der Waals surface area contributed by atoms with Crippen LogP contribution in [0.4, 0.5) is 28.0 Å². The summed E-state index contributed by atoms with van der Waals surface area (Å²) < 4.78 is 54.2. The highest BCUT2D eigenvalue weighted by molar-refractivity contribution is 6.33. The van der Waals surface area contributed by atoms with Crippen LogP contribution in [0.1, 0.15) is 5.69 Å². The predicted molar refractivity (Wildman–Crippen MR) is 105 cm³/mol. The quantitative estimate of drug-likeness (QED) is 0.387. The van der Waals surface area contributed by atoms with E-state index in [9.17, 15) is 31.9 Å². The number of halogens is 5. The fourth-order valence-electron chi connectivity index (χ4n) is 2.68. The number of hydrogen-bond donors (Lipinski definition) is 0. The first kappa shape index (κ1) is 24.2. The van der Waals surface area contributed by atoms with Crippen LogP contribution in [-0.4, -0.2) is 40.9 Å². The van der Waals surface area contributed by atoms with Crippen LogP contribution < -0.4 is 16.1 Å². The first-order chi connectivity index (χ1) is 14.3. The average Bonchev–Trinajstić information content (AvgIpc) is 2.68. The van der Waals surface area contributed by atoms with Crippen LogP contribution in [0, 0.1) is 5.82 Å². The first-order valence-corrected chi connectivity index (χ1v) is 8.82. The van der Waals surface area contributed by atoms with E-state index in [1.54, 1.807) is 0 Å². The van der Waals surface area contributed by atoms with Gasteiger partial charge in [0.05, 0.1) is 23.5 Å². The molecule has 0 unspecified atom stereocenters. The lowest BCUT2D eigenvalue weighted by atomic mass is 10.2. The Bertz CT molecular complexity index is 1140. The van der Waals surface area contributed by atoms with Gasteiger partial charge >= 0.3 is 17.9 Å². The van der Waals surface area contributed by atoms with E-state index >= 15 is 0 Å². The van der Waals surface area contributed by atoms with Crippen molar-refractivity contribution in [3.8, 4) is 5.69 Å². The van der Waals surface area contributed by atoms with Gasteiger partial charge in [0.2, 0.25) is 0 Å². The smallest absolute Gasteiger partial charge is 0.292 e. The van der Waals surface area contributed by atoms with Crippen LogP contribution in [0.2, 0.25) is 5.02 Å². The SMILES string of the molecule is C=CCN(C(=O)N(C)OC)c1cc(-n2c(=O)cc(C(F)(F)F)n(C)c2=O)c(F)cc1Cl. The van der Waals surface area contributed by atoms with Gasteiger partial charge in [-0.25, -0.2) is 23.6 Å². The van der Waals surface area contributed by atoms with Gasteiger partial charge in [-0.3, -0.25) is 19.1 Å². The van der Waals surface area contributed by atoms with E-state index < -0.39 is 40.7 Å². The number of amides is 2. The van der Waals surface area contributed by atoms with Gasteiger partial charge in [0.15, 0.2) is 0 Å². The number of anilines is 1. The molecular formula is C18H17ClF4N4O4. The Labute approximate surface area is 178 Å². The van der Waals surface area contributed by atoms with E-state index in [0.717, 1.165) is 29.1 Å². The summed E-state index contributed by atoms with van der Waals surface area (Å²) >= 11 is 6.06. The molecule has 0 atom stereocenters. The Balaban J connectivity index is 2.80. The Kier molecular flexibility index (Phi) is 6.96. The van der Waals surface area contributed by atoms with Crippen LogP contribution in [0.3, 0.4) is 0 Å². The van der Waals surface area contributed by atoms with Gasteiger partial charge in [0.1, 0.15) is 11.5 Å². The molecule has 0 saturated heterocycles. The van der Waals surface area contributed by atoms with Crippen molar-refractivity contribution in [2.75, 3.05) is 25.6 Å². The van der Waals surface area contributed by atoms with Crippen LogP contribution in [0.25, 0.3) is 5.69 Å². The second kappa shape index (κ2) is 8.94. The van der Waals surface area contributed by atoms with E-state index in [1.807, 2.05) is 0 Å². The fourth-order valence-corrected chi connectivity index (χ4v) is 2.93. The van der Waals surface area contributed by atoms with Crippen molar-refractivity contribution in [2.45, 2.75) is 6.18 Å². The number of carbonyl (C=O) groups excluding carboxylic acids is 1. The van der Waals surface area contributed by atoms with E-state index in [1.165, 1.54) is 20.2 Å². The number of rotatable bonds is 5. The zero-order valence-corrected chi connectivity index (χ0v) is 17.3. The van der Waals surface area contributed by atoms with E-state index in [4.69, 9.17) is 16.4 Å². The number of carbonyl (C=O) groups is 1. The van der Waals surface area contributed by atoms with Gasteiger partial charge in [0, 0.05) is 26.7 Å². The molecule has 13 heteroatoms. The molecule has 0 saturated carbocycles. The molecule has 1 aromatic carbocycles. The van der Waals surface area contributed by atoms with Crippen molar-refractivity contribution in [1.29, 1.82) is 0 Å². The van der Waals surface area contributed by atoms with Gasteiger partial charge in [0.25, 0.3) is 5.56 Å². The Morgan fingerprint density at radius 2 is 1.90 bits per heavy atom. The van der Waals surface area contributed by atoms with Gasteiger partial charge in [-0.2, -0.15) is 13.2 Å². The summed E-state index contributed by atoms with van der Waals surface area (Å²) in [6.45, 7) is 3.38. The number of aromatic nitrogens is 2. The maximum atomic E-state index is 14.6. The molecule has 0 spiro atoms. The van der Waals surface area contributed by atoms with Crippen LogP contribution in [0.15, 0.2) is 40.4 Å². The standard InChI is InChI=1S/C18H17ClF4N4O4/c1-5-6-26(17(30)25(3)31-4)12-8-13(11(20)7-10(12)19)27-15(28)9-14(18(21,22)23)24(2)16(27)29/h5,7-9H,1,6H2,2-4H3. The maximum Gasteiger partial charge on any atom is 0.431 e. The zero-order valence-electron chi connectivity index (χ0n) is 16.5. The Morgan fingerprint density at radius 3 is 2.42 bits per heavy atom. The summed E-state index contributed by atoms with van der Waals surface area (Å²) in [5.74, 6) is -1.17. The summed E-state index contributed by atoms with van der Waals surface area (Å²) in [5, 5.41) is 0.560. The average molecular weight is 465 g/mol. The highest BCUT2D eigenvalue weighted by Crippen LogP contribution is 2.31. The lowest BCUT2D eigenvalue weighted by Gasteiger charge is -2.27. The van der Waals surface area contributed by atoms with Crippen molar-refractivity contribution < 1.29 is 27.2 Å². The maximum absolute atomic E-state index is 14.6. The van der Waals surface area contributed by atoms with Crippen molar-refractivity contribution in [3.05, 3.63) is 68.2 Å². The lowest BCUT2D eigenvalue weighted by Crippen LogP contribution is -2.42. The van der Waals surface area contributed by atoms with E-state index in [-0.39, 0.29) is 32.5 Å². The molecule has 2 aromatic rings. The topological polar surface area (TPSA) is 76.8 Å².